The lowest BCUT2D eigenvalue weighted by molar-refractivity contribution is -0.105. The molecule has 0 bridgehead atoms. The van der Waals surface area contributed by atoms with Crippen LogP contribution >= 0.6 is 0 Å². The summed E-state index contributed by atoms with van der Waals surface area (Å²) in [6.45, 7) is 3.28. The normalized spacial score (nSPS) is 12.5. The third-order valence-corrected chi connectivity index (χ3v) is 2.83. The summed E-state index contributed by atoms with van der Waals surface area (Å²) in [4.78, 5) is 12.5. The van der Waals surface area contributed by atoms with Crippen LogP contribution in [0, 0.1) is 0 Å². The number of nitrogens with zero attached hydrogens (tertiary/aromatic N) is 1. The van der Waals surface area contributed by atoms with Crippen LogP contribution in [0.1, 0.15) is 31.2 Å². The van der Waals surface area contributed by atoms with Gasteiger partial charge >= 0.3 is 0 Å². The average Bonchev–Trinajstić information content (AvgIpc) is 2.29. The SMILES string of the molecule is CCCC(CN(C)C)c1ccc(NC=O)cc1. The number of benzene rings is 1. The van der Waals surface area contributed by atoms with Crippen LogP contribution in [0.2, 0.25) is 0 Å². The number of carbonyl (C=O) groups excluding carboxylic acids is 1. The Morgan fingerprint density at radius 1 is 1.29 bits per heavy atom. The van der Waals surface area contributed by atoms with E-state index in [1.54, 1.807) is 0 Å². The van der Waals surface area contributed by atoms with Gasteiger partial charge in [0.25, 0.3) is 0 Å². The van der Waals surface area contributed by atoms with E-state index in [-0.39, 0.29) is 0 Å². The van der Waals surface area contributed by atoms with Crippen molar-refractivity contribution in [3.05, 3.63) is 29.8 Å². The molecule has 1 rings (SSSR count). The standard InChI is InChI=1S/C14H22N2O/c1-4-5-13(10-16(2)3)12-6-8-14(9-7-12)15-11-17/h6-9,11,13H,4-5,10H2,1-3H3,(H,15,17). The highest BCUT2D eigenvalue weighted by Crippen LogP contribution is 2.23. The van der Waals surface area contributed by atoms with Crippen molar-refractivity contribution in [2.45, 2.75) is 25.7 Å². The Hall–Kier alpha value is -1.35. The van der Waals surface area contributed by atoms with Gasteiger partial charge in [0.15, 0.2) is 0 Å². The number of amides is 1. The second-order valence-electron chi connectivity index (χ2n) is 4.63. The van der Waals surface area contributed by atoms with E-state index in [9.17, 15) is 4.79 Å². The topological polar surface area (TPSA) is 32.3 Å². The molecule has 1 unspecified atom stereocenters. The van der Waals surface area contributed by atoms with Crippen molar-refractivity contribution >= 4 is 12.1 Å². The van der Waals surface area contributed by atoms with E-state index < -0.39 is 0 Å². The number of likely N-dealkylation sites (N-methyl/N-ethyl adjacent to an activating group) is 1. The van der Waals surface area contributed by atoms with Gasteiger partial charge in [0.05, 0.1) is 0 Å². The summed E-state index contributed by atoms with van der Waals surface area (Å²) in [6.07, 6.45) is 3.09. The maximum absolute atomic E-state index is 10.3. The lowest BCUT2D eigenvalue weighted by atomic mass is 9.94. The van der Waals surface area contributed by atoms with Crippen molar-refractivity contribution < 1.29 is 4.79 Å². The fourth-order valence-corrected chi connectivity index (χ4v) is 2.07. The van der Waals surface area contributed by atoms with Crippen molar-refractivity contribution in [1.82, 2.24) is 4.90 Å². The third kappa shape index (κ3) is 4.57. The van der Waals surface area contributed by atoms with Gasteiger partial charge in [0, 0.05) is 12.2 Å². The molecule has 1 aromatic carbocycles. The molecule has 0 fully saturated rings. The first-order valence-electron chi connectivity index (χ1n) is 6.12. The molecule has 0 spiro atoms. The van der Waals surface area contributed by atoms with Crippen molar-refractivity contribution in [3.63, 3.8) is 0 Å². The lowest BCUT2D eigenvalue weighted by Crippen LogP contribution is -2.20. The number of carbonyl (C=O) groups is 1. The zero-order chi connectivity index (χ0) is 12.7. The fourth-order valence-electron chi connectivity index (χ4n) is 2.07. The molecule has 0 saturated heterocycles. The first-order valence-corrected chi connectivity index (χ1v) is 6.12. The van der Waals surface area contributed by atoms with Crippen molar-refractivity contribution in [1.29, 1.82) is 0 Å². The number of hydrogen-bond donors (Lipinski definition) is 1. The highest BCUT2D eigenvalue weighted by molar-refractivity contribution is 5.71. The monoisotopic (exact) mass is 234 g/mol. The maximum atomic E-state index is 10.3. The highest BCUT2D eigenvalue weighted by atomic mass is 16.1. The number of nitrogens with one attached hydrogen (secondary N) is 1. The predicted molar refractivity (Wildman–Crippen MR) is 72.3 cm³/mol. The molecule has 1 aromatic rings. The Morgan fingerprint density at radius 2 is 1.94 bits per heavy atom. The molecule has 3 nitrogen and oxygen atoms in total. The van der Waals surface area contributed by atoms with Crippen molar-refractivity contribution in [2.24, 2.45) is 0 Å². The van der Waals surface area contributed by atoms with Gasteiger partial charge in [0.1, 0.15) is 0 Å². The van der Waals surface area contributed by atoms with Crippen LogP contribution < -0.4 is 5.32 Å². The van der Waals surface area contributed by atoms with E-state index in [1.165, 1.54) is 18.4 Å². The molecule has 1 N–H and O–H groups in total. The summed E-state index contributed by atoms with van der Waals surface area (Å²) in [5, 5.41) is 2.66. The van der Waals surface area contributed by atoms with Gasteiger partial charge in [-0.1, -0.05) is 25.5 Å². The Balaban J connectivity index is 2.75. The van der Waals surface area contributed by atoms with Crippen LogP contribution in [-0.4, -0.2) is 32.0 Å². The zero-order valence-corrected chi connectivity index (χ0v) is 10.9. The van der Waals surface area contributed by atoms with Gasteiger partial charge in [-0.2, -0.15) is 0 Å². The van der Waals surface area contributed by atoms with Crippen LogP contribution in [0.25, 0.3) is 0 Å². The molecule has 0 saturated carbocycles. The first-order chi connectivity index (χ1) is 8.17. The molecule has 0 aliphatic heterocycles. The molecule has 1 atom stereocenters. The first kappa shape index (κ1) is 13.7. The second-order valence-corrected chi connectivity index (χ2v) is 4.63. The third-order valence-electron chi connectivity index (χ3n) is 2.83. The van der Waals surface area contributed by atoms with Gasteiger partial charge in [-0.05, 0) is 44.1 Å². The number of hydrogen-bond acceptors (Lipinski definition) is 2. The number of rotatable bonds is 7. The molecule has 0 aromatic heterocycles. The minimum Gasteiger partial charge on any atom is -0.329 e. The highest BCUT2D eigenvalue weighted by Gasteiger charge is 2.11. The van der Waals surface area contributed by atoms with Gasteiger partial charge in [0.2, 0.25) is 6.41 Å². The molecule has 0 heterocycles. The molecule has 3 heteroatoms. The Labute approximate surface area is 104 Å². The van der Waals surface area contributed by atoms with Crippen LogP contribution in [-0.2, 0) is 4.79 Å². The number of anilines is 1. The van der Waals surface area contributed by atoms with E-state index in [1.807, 2.05) is 12.1 Å². The lowest BCUT2D eigenvalue weighted by Gasteiger charge is -2.21. The van der Waals surface area contributed by atoms with Gasteiger partial charge in [-0.3, -0.25) is 4.79 Å². The van der Waals surface area contributed by atoms with E-state index in [0.717, 1.165) is 12.2 Å². The molecule has 0 aliphatic rings. The van der Waals surface area contributed by atoms with Crippen molar-refractivity contribution in [2.75, 3.05) is 26.0 Å². The molecule has 17 heavy (non-hydrogen) atoms. The van der Waals surface area contributed by atoms with Crippen molar-refractivity contribution in [3.8, 4) is 0 Å². The summed E-state index contributed by atoms with van der Waals surface area (Å²) in [5.41, 5.74) is 2.20. The Kier molecular flexibility index (Phi) is 5.70. The quantitative estimate of drug-likeness (QED) is 0.736. The molecule has 94 valence electrons. The summed E-state index contributed by atoms with van der Waals surface area (Å²) in [6, 6.07) is 8.13. The fraction of sp³-hybridized carbons (Fsp3) is 0.500. The van der Waals surface area contributed by atoms with E-state index >= 15 is 0 Å². The summed E-state index contributed by atoms with van der Waals surface area (Å²) in [5.74, 6) is 0.570. The summed E-state index contributed by atoms with van der Waals surface area (Å²) < 4.78 is 0. The van der Waals surface area contributed by atoms with Crippen LogP contribution in [0.15, 0.2) is 24.3 Å². The van der Waals surface area contributed by atoms with E-state index in [4.69, 9.17) is 0 Å². The molecule has 0 radical (unpaired) electrons. The Bertz CT molecular complexity index is 333. The van der Waals surface area contributed by atoms with Gasteiger partial charge in [-0.25, -0.2) is 0 Å². The van der Waals surface area contributed by atoms with Gasteiger partial charge in [-0.15, -0.1) is 0 Å². The van der Waals surface area contributed by atoms with Crippen LogP contribution in [0.5, 0.6) is 0 Å². The minimum atomic E-state index is 0.570. The summed E-state index contributed by atoms with van der Waals surface area (Å²) >= 11 is 0. The molecule has 0 aliphatic carbocycles. The predicted octanol–water partition coefficient (Wildman–Crippen LogP) is 2.70. The molecular weight excluding hydrogens is 212 g/mol. The summed E-state index contributed by atoms with van der Waals surface area (Å²) in [7, 11) is 4.20. The molecule has 1 amide bonds. The smallest absolute Gasteiger partial charge is 0.211 e. The van der Waals surface area contributed by atoms with E-state index in [2.05, 4.69) is 43.4 Å². The maximum Gasteiger partial charge on any atom is 0.211 e. The largest absolute Gasteiger partial charge is 0.329 e. The second kappa shape index (κ2) is 7.07. The van der Waals surface area contributed by atoms with Gasteiger partial charge < -0.3 is 10.2 Å². The molecular formula is C14H22N2O. The zero-order valence-electron chi connectivity index (χ0n) is 10.9. The average molecular weight is 234 g/mol. The van der Waals surface area contributed by atoms with Crippen LogP contribution in [0.3, 0.4) is 0 Å². The van der Waals surface area contributed by atoms with Crippen LogP contribution in [0.4, 0.5) is 5.69 Å². The minimum absolute atomic E-state index is 0.570. The van der Waals surface area contributed by atoms with E-state index in [0.29, 0.717) is 12.3 Å². The Morgan fingerprint density at radius 3 is 2.41 bits per heavy atom.